The highest BCUT2D eigenvalue weighted by Crippen LogP contribution is 2.63. The lowest BCUT2D eigenvalue weighted by molar-refractivity contribution is 0.669. The highest BCUT2D eigenvalue weighted by molar-refractivity contribution is 7.99. The molecule has 0 N–H and O–H groups in total. The van der Waals surface area contributed by atoms with Gasteiger partial charge in [-0.1, -0.05) is 273 Å². The van der Waals surface area contributed by atoms with E-state index in [1.165, 1.54) is 113 Å². The fraction of sp³-hybridized carbons (Fsp3) is 0.0196. The topological polar surface area (TPSA) is 19.6 Å². The Hall–Kier alpha value is -13.0. The van der Waals surface area contributed by atoms with Crippen LogP contribution in [0.25, 0.3) is 120 Å². The van der Waals surface area contributed by atoms with Gasteiger partial charge in [-0.25, -0.2) is 0 Å². The van der Waals surface area contributed by atoms with Gasteiger partial charge < -0.3 is 14.2 Å². The van der Waals surface area contributed by atoms with Gasteiger partial charge in [-0.3, -0.25) is 0 Å². The first-order valence-electron chi connectivity index (χ1n) is 36.8. The van der Waals surface area contributed by atoms with Crippen LogP contribution in [0, 0.1) is 0 Å². The molecule has 107 heavy (non-hydrogen) atoms. The lowest BCUT2D eigenvalue weighted by Gasteiger charge is -2.40. The fourth-order valence-electron chi connectivity index (χ4n) is 18.1. The van der Waals surface area contributed by atoms with E-state index in [-0.39, 0.29) is 5.92 Å². The van der Waals surface area contributed by atoms with Gasteiger partial charge in [-0.05, 0) is 232 Å². The molecule has 0 saturated carbocycles. The van der Waals surface area contributed by atoms with Crippen LogP contribution in [-0.4, -0.2) is 0 Å². The summed E-state index contributed by atoms with van der Waals surface area (Å²) in [7, 11) is 0. The summed E-state index contributed by atoms with van der Waals surface area (Å²) < 4.78 is 9.59. The van der Waals surface area contributed by atoms with Crippen molar-refractivity contribution in [3.05, 3.63) is 421 Å². The van der Waals surface area contributed by atoms with E-state index in [0.717, 1.165) is 89.4 Å². The third-order valence-corrected chi connectivity index (χ3v) is 25.1. The van der Waals surface area contributed by atoms with E-state index < -0.39 is 5.41 Å². The third kappa shape index (κ3) is 9.68. The van der Waals surface area contributed by atoms with Crippen molar-refractivity contribution < 1.29 is 4.42 Å². The van der Waals surface area contributed by atoms with Crippen LogP contribution in [0.1, 0.15) is 44.9 Å². The number of thiophene rings is 1. The smallest absolute Gasteiger partial charge is 0.137 e. The maximum atomic E-state index is 6.97. The zero-order valence-corrected chi connectivity index (χ0v) is 59.7. The summed E-state index contributed by atoms with van der Waals surface area (Å²) in [5.41, 5.74) is 31.1. The largest absolute Gasteiger partial charge is 0.456 e. The van der Waals surface area contributed by atoms with Crippen LogP contribution in [0.5, 0.6) is 0 Å². The summed E-state index contributed by atoms with van der Waals surface area (Å²) in [6.07, 6.45) is 0. The van der Waals surface area contributed by atoms with Crippen molar-refractivity contribution in [3.63, 3.8) is 0 Å². The Kier molecular flexibility index (Phi) is 14.1. The van der Waals surface area contributed by atoms with Gasteiger partial charge in [0.05, 0.1) is 5.41 Å². The van der Waals surface area contributed by atoms with E-state index in [0.29, 0.717) is 0 Å². The van der Waals surface area contributed by atoms with Gasteiger partial charge in [-0.2, -0.15) is 0 Å². The summed E-state index contributed by atoms with van der Waals surface area (Å²) in [6, 6.07) is 142. The molecule has 1 spiro atoms. The van der Waals surface area contributed by atoms with Crippen LogP contribution in [0.3, 0.4) is 0 Å². The van der Waals surface area contributed by atoms with Crippen LogP contribution in [0.4, 0.5) is 34.1 Å². The standard InChI is InChI=1S/C102H64N2OS2/c1-3-23-66(24-4-1)100-86-52-44-65-22-7-8-31-78(65)101(86)85-55-51-73(61-89(85)100)104(71-47-42-64(43-48-71)67-46-57-97-88(59-67)84-35-14-18-39-96(84)106-97)72-28-21-25-68(58-72)76-29-9-11-32-79(76)80-33-12-10-30-77(80)69-45-56-94-87(60-69)83-54-50-75(63-95(83)105-94)103(70-26-5-2-6-27-70)74-49-53-82-81-34-13-15-36-90(81)102(93(82)62-74)91-37-16-19-40-98(91)107-99-41-20-17-38-92(99)102/h1-63,100H. The van der Waals surface area contributed by atoms with Crippen molar-refractivity contribution in [2.75, 3.05) is 9.80 Å². The maximum Gasteiger partial charge on any atom is 0.137 e. The molecule has 2 aliphatic carbocycles. The normalized spacial score (nSPS) is 13.6. The lowest BCUT2D eigenvalue weighted by atomic mass is 9.67. The average Bonchev–Trinajstić information content (AvgIpc) is 1.54. The molecule has 0 fully saturated rings. The Morgan fingerprint density at radius 3 is 1.56 bits per heavy atom. The van der Waals surface area contributed by atoms with Gasteiger partial charge in [-0.15, -0.1) is 11.3 Å². The van der Waals surface area contributed by atoms with Gasteiger partial charge in [0.25, 0.3) is 0 Å². The highest BCUT2D eigenvalue weighted by Gasteiger charge is 2.50. The van der Waals surface area contributed by atoms with Crippen molar-refractivity contribution in [2.24, 2.45) is 0 Å². The summed E-state index contributed by atoms with van der Waals surface area (Å²) in [6.45, 7) is 0. The second-order valence-corrected chi connectivity index (χ2v) is 30.7. The number of rotatable bonds is 11. The summed E-state index contributed by atoms with van der Waals surface area (Å²) in [5, 5.41) is 7.27. The number of hydrogen-bond acceptors (Lipinski definition) is 5. The van der Waals surface area contributed by atoms with Crippen molar-refractivity contribution in [1.29, 1.82) is 0 Å². The number of benzene rings is 17. The number of hydrogen-bond donors (Lipinski definition) is 0. The Labute approximate surface area is 628 Å². The summed E-state index contributed by atoms with van der Waals surface area (Å²) >= 11 is 3.74. The SMILES string of the molecule is c1ccc(C2c3cc(N(c4ccc(-c5ccc6sc7ccccc7c6c5)cc4)c4cccc(-c5ccccc5-c5ccccc5-c5ccc6oc7cc(N(c8ccccc8)c8ccc9c(c8)C8(c%10ccccc%10Sc%10ccccc%108)c8ccccc8-9)ccc7c6c5)c4)ccc3-c3c2ccc2ccccc32)cc1. The van der Waals surface area contributed by atoms with Crippen molar-refractivity contribution in [2.45, 2.75) is 21.1 Å². The summed E-state index contributed by atoms with van der Waals surface area (Å²) in [4.78, 5) is 7.44. The molecule has 0 saturated heterocycles. The minimum atomic E-state index is -0.507. The molecule has 3 nitrogen and oxygen atoms in total. The molecule has 3 heterocycles. The lowest BCUT2D eigenvalue weighted by Crippen LogP contribution is -2.32. The maximum absolute atomic E-state index is 6.97. The minimum Gasteiger partial charge on any atom is -0.456 e. The second-order valence-electron chi connectivity index (χ2n) is 28.5. The predicted octanol–water partition coefficient (Wildman–Crippen LogP) is 28.7. The first-order chi connectivity index (χ1) is 53.0. The number of fused-ring (bicyclic) bond motifs is 20. The van der Waals surface area contributed by atoms with Gasteiger partial charge >= 0.3 is 0 Å². The molecule has 500 valence electrons. The van der Waals surface area contributed by atoms with E-state index in [4.69, 9.17) is 4.42 Å². The van der Waals surface area contributed by atoms with Gasteiger partial charge in [0.15, 0.2) is 0 Å². The molecule has 2 aromatic heterocycles. The Morgan fingerprint density at radius 2 is 0.794 bits per heavy atom. The second kappa shape index (κ2) is 24.6. The van der Waals surface area contributed by atoms with Crippen LogP contribution in [-0.2, 0) is 5.41 Å². The molecular formula is C102H64N2OS2. The third-order valence-electron chi connectivity index (χ3n) is 22.8. The minimum absolute atomic E-state index is 0.0586. The highest BCUT2D eigenvalue weighted by atomic mass is 32.2. The first-order valence-corrected chi connectivity index (χ1v) is 38.4. The molecule has 19 aromatic rings. The Balaban J connectivity index is 0.638. The Morgan fingerprint density at radius 1 is 0.262 bits per heavy atom. The fourth-order valence-corrected chi connectivity index (χ4v) is 20.4. The van der Waals surface area contributed by atoms with Gasteiger partial charge in [0, 0.05) is 86.8 Å². The van der Waals surface area contributed by atoms with Gasteiger partial charge in [0.2, 0.25) is 0 Å². The molecular weight excluding hydrogens is 1330 g/mol. The predicted molar refractivity (Wildman–Crippen MR) is 449 cm³/mol. The number of anilines is 6. The zero-order chi connectivity index (χ0) is 70.3. The first kappa shape index (κ1) is 61.4. The molecule has 0 bridgehead atoms. The van der Waals surface area contributed by atoms with E-state index in [1.54, 1.807) is 0 Å². The van der Waals surface area contributed by atoms with Crippen LogP contribution in [0.15, 0.2) is 396 Å². The van der Waals surface area contributed by atoms with Crippen molar-refractivity contribution in [1.82, 2.24) is 0 Å². The van der Waals surface area contributed by atoms with E-state index in [9.17, 15) is 0 Å². The molecule has 5 heteroatoms. The molecule has 1 unspecified atom stereocenters. The molecule has 17 aromatic carbocycles. The van der Waals surface area contributed by atoms with E-state index in [2.05, 4.69) is 392 Å². The molecule has 1 atom stereocenters. The molecule has 1 aliphatic heterocycles. The average molecular weight is 1400 g/mol. The number of furan rings is 1. The Bertz CT molecular complexity index is 6780. The van der Waals surface area contributed by atoms with E-state index >= 15 is 0 Å². The van der Waals surface area contributed by atoms with E-state index in [1.807, 2.05) is 23.1 Å². The number of para-hydroxylation sites is 1. The number of nitrogens with zero attached hydrogens (tertiary/aromatic N) is 2. The van der Waals surface area contributed by atoms with Gasteiger partial charge in [0.1, 0.15) is 11.2 Å². The molecule has 0 amide bonds. The van der Waals surface area contributed by atoms with Crippen LogP contribution >= 0.6 is 23.1 Å². The molecule has 0 radical (unpaired) electrons. The quantitative estimate of drug-likeness (QED) is 0.129. The van der Waals surface area contributed by atoms with Crippen molar-refractivity contribution in [3.8, 4) is 66.8 Å². The molecule has 3 aliphatic rings. The van der Waals surface area contributed by atoms with Crippen molar-refractivity contribution >= 4 is 110 Å². The molecule has 22 rings (SSSR count). The van der Waals surface area contributed by atoms with Crippen LogP contribution in [0.2, 0.25) is 0 Å². The summed E-state index contributed by atoms with van der Waals surface area (Å²) in [5.74, 6) is 0.0586. The monoisotopic (exact) mass is 1400 g/mol. The van der Waals surface area contributed by atoms with Crippen LogP contribution < -0.4 is 9.80 Å². The zero-order valence-electron chi connectivity index (χ0n) is 58.1.